The Morgan fingerprint density at radius 3 is 2.58 bits per heavy atom. The number of hydrogen-bond donors (Lipinski definition) is 0. The Morgan fingerprint density at radius 2 is 2.17 bits per heavy atom. The lowest BCUT2D eigenvalue weighted by Crippen LogP contribution is -2.31. The molecule has 12 heavy (non-hydrogen) atoms. The summed E-state index contributed by atoms with van der Waals surface area (Å²) in [5.41, 5.74) is -0.494. The fourth-order valence-corrected chi connectivity index (χ4v) is 0.531. The molecule has 1 rings (SSSR count). The van der Waals surface area contributed by atoms with Gasteiger partial charge in [0.2, 0.25) is 0 Å². The average Bonchev–Trinajstić information content (AvgIpc) is 2.37. The van der Waals surface area contributed by atoms with E-state index in [9.17, 15) is 4.79 Å². The molecule has 4 heteroatoms. The van der Waals surface area contributed by atoms with Gasteiger partial charge in [-0.1, -0.05) is 4.85 Å². The third kappa shape index (κ3) is 2.08. The van der Waals surface area contributed by atoms with Crippen molar-refractivity contribution in [1.82, 2.24) is 9.94 Å². The lowest BCUT2D eigenvalue weighted by atomic mass is 9.98. The van der Waals surface area contributed by atoms with E-state index in [2.05, 4.69) is 5.10 Å². The predicted molar refractivity (Wildman–Crippen MR) is 43.3 cm³/mol. The van der Waals surface area contributed by atoms with E-state index in [1.807, 2.05) is 0 Å². The van der Waals surface area contributed by atoms with Crippen LogP contribution in [-0.2, 0) is 4.79 Å². The standard InChI is InChI=1S/C8H12N2O2/c1-8(2,3)7(11)12-10-6-4-5-9-10/h4-6H,1-3H3. The molecule has 0 saturated heterocycles. The van der Waals surface area contributed by atoms with Crippen molar-refractivity contribution in [3.05, 3.63) is 18.5 Å². The molecule has 66 valence electrons. The summed E-state index contributed by atoms with van der Waals surface area (Å²) < 4.78 is 0. The first-order valence-corrected chi connectivity index (χ1v) is 3.72. The number of rotatable bonds is 1. The van der Waals surface area contributed by atoms with Gasteiger partial charge in [-0.2, -0.15) is 0 Å². The molecule has 0 bridgehead atoms. The fourth-order valence-electron chi connectivity index (χ4n) is 0.531. The number of hydrogen-bond acceptors (Lipinski definition) is 3. The van der Waals surface area contributed by atoms with Gasteiger partial charge in [0.15, 0.2) is 0 Å². The lowest BCUT2D eigenvalue weighted by Gasteiger charge is -2.14. The van der Waals surface area contributed by atoms with Crippen LogP contribution < -0.4 is 4.84 Å². The molecule has 0 fully saturated rings. The topological polar surface area (TPSA) is 44.1 Å². The second-order valence-electron chi connectivity index (χ2n) is 3.54. The Bertz CT molecular complexity index is 259. The molecule has 1 aromatic rings. The van der Waals surface area contributed by atoms with Gasteiger partial charge in [-0.3, -0.25) is 0 Å². The predicted octanol–water partition coefficient (Wildman–Crippen LogP) is 0.884. The minimum atomic E-state index is -0.494. The summed E-state index contributed by atoms with van der Waals surface area (Å²) >= 11 is 0. The van der Waals surface area contributed by atoms with Crippen LogP contribution in [-0.4, -0.2) is 15.9 Å². The van der Waals surface area contributed by atoms with Gasteiger partial charge in [0, 0.05) is 0 Å². The zero-order valence-electron chi connectivity index (χ0n) is 7.44. The molecule has 0 unspecified atom stereocenters. The van der Waals surface area contributed by atoms with Crippen LogP contribution in [0.2, 0.25) is 0 Å². The minimum Gasteiger partial charge on any atom is -0.319 e. The van der Waals surface area contributed by atoms with Crippen molar-refractivity contribution in [3.63, 3.8) is 0 Å². The fraction of sp³-hybridized carbons (Fsp3) is 0.500. The highest BCUT2D eigenvalue weighted by Gasteiger charge is 2.24. The van der Waals surface area contributed by atoms with Crippen LogP contribution in [0, 0.1) is 5.41 Å². The van der Waals surface area contributed by atoms with Crippen LogP contribution in [0.5, 0.6) is 0 Å². The van der Waals surface area contributed by atoms with Crippen molar-refractivity contribution in [2.24, 2.45) is 5.41 Å². The number of carbonyl (C=O) groups is 1. The lowest BCUT2D eigenvalue weighted by molar-refractivity contribution is -0.155. The zero-order valence-corrected chi connectivity index (χ0v) is 7.44. The van der Waals surface area contributed by atoms with E-state index >= 15 is 0 Å². The molecule has 0 radical (unpaired) electrons. The summed E-state index contributed by atoms with van der Waals surface area (Å²) in [7, 11) is 0. The Kier molecular flexibility index (Phi) is 2.17. The first kappa shape index (κ1) is 8.77. The zero-order chi connectivity index (χ0) is 9.19. The van der Waals surface area contributed by atoms with Crippen molar-refractivity contribution >= 4 is 5.97 Å². The molecule has 0 atom stereocenters. The maximum absolute atomic E-state index is 11.2. The molecular weight excluding hydrogens is 156 g/mol. The summed E-state index contributed by atoms with van der Waals surface area (Å²) in [4.78, 5) is 17.3. The van der Waals surface area contributed by atoms with Gasteiger partial charge in [-0.15, -0.1) is 5.10 Å². The third-order valence-corrected chi connectivity index (χ3v) is 1.27. The summed E-state index contributed by atoms with van der Waals surface area (Å²) in [6, 6.07) is 1.69. The van der Waals surface area contributed by atoms with E-state index < -0.39 is 5.41 Å². The van der Waals surface area contributed by atoms with Crippen molar-refractivity contribution in [3.8, 4) is 0 Å². The highest BCUT2D eigenvalue weighted by atomic mass is 16.7. The van der Waals surface area contributed by atoms with E-state index in [0.717, 1.165) is 4.85 Å². The van der Waals surface area contributed by atoms with Gasteiger partial charge in [0.1, 0.15) is 0 Å². The summed E-state index contributed by atoms with van der Waals surface area (Å²) in [6.07, 6.45) is 3.12. The van der Waals surface area contributed by atoms with E-state index in [-0.39, 0.29) is 5.97 Å². The second-order valence-corrected chi connectivity index (χ2v) is 3.54. The Labute approximate surface area is 71.1 Å². The molecule has 0 aromatic carbocycles. The molecule has 1 aromatic heterocycles. The molecule has 0 aliphatic carbocycles. The first-order valence-electron chi connectivity index (χ1n) is 3.72. The molecule has 0 aliphatic heterocycles. The highest BCUT2D eigenvalue weighted by Crippen LogP contribution is 2.13. The van der Waals surface area contributed by atoms with Crippen LogP contribution >= 0.6 is 0 Å². The van der Waals surface area contributed by atoms with Gasteiger partial charge in [-0.05, 0) is 26.8 Å². The van der Waals surface area contributed by atoms with Crippen molar-refractivity contribution in [2.45, 2.75) is 20.8 Å². The van der Waals surface area contributed by atoms with Crippen LogP contribution in [0.4, 0.5) is 0 Å². The van der Waals surface area contributed by atoms with Crippen LogP contribution in [0.25, 0.3) is 0 Å². The van der Waals surface area contributed by atoms with Crippen molar-refractivity contribution < 1.29 is 9.63 Å². The number of nitrogens with zero attached hydrogens (tertiary/aromatic N) is 2. The Hall–Kier alpha value is -1.32. The number of aromatic nitrogens is 2. The van der Waals surface area contributed by atoms with E-state index in [0.29, 0.717) is 0 Å². The molecular formula is C8H12N2O2. The average molecular weight is 168 g/mol. The highest BCUT2D eigenvalue weighted by molar-refractivity contribution is 5.75. The maximum atomic E-state index is 11.2. The molecule has 0 spiro atoms. The van der Waals surface area contributed by atoms with E-state index in [4.69, 9.17) is 4.84 Å². The van der Waals surface area contributed by atoms with Gasteiger partial charge < -0.3 is 4.84 Å². The summed E-state index contributed by atoms with van der Waals surface area (Å²) in [6.45, 7) is 5.37. The molecule has 0 saturated carbocycles. The molecule has 0 amide bonds. The smallest absolute Gasteiger partial charge is 0.319 e. The van der Waals surface area contributed by atoms with Crippen LogP contribution in [0.3, 0.4) is 0 Å². The van der Waals surface area contributed by atoms with E-state index in [1.165, 1.54) is 0 Å². The van der Waals surface area contributed by atoms with Gasteiger partial charge in [-0.25, -0.2) is 4.79 Å². The summed E-state index contributed by atoms with van der Waals surface area (Å²) in [5.74, 6) is -0.300. The van der Waals surface area contributed by atoms with Gasteiger partial charge >= 0.3 is 5.97 Å². The second kappa shape index (κ2) is 2.97. The van der Waals surface area contributed by atoms with Crippen LogP contribution in [0.1, 0.15) is 20.8 Å². The molecule has 1 heterocycles. The summed E-state index contributed by atoms with van der Waals surface area (Å²) in [5, 5.41) is 3.74. The third-order valence-electron chi connectivity index (χ3n) is 1.27. The maximum Gasteiger partial charge on any atom is 0.340 e. The first-order chi connectivity index (χ1) is 5.50. The normalized spacial score (nSPS) is 11.2. The Balaban J connectivity index is 2.60. The monoisotopic (exact) mass is 168 g/mol. The van der Waals surface area contributed by atoms with Gasteiger partial charge in [0.25, 0.3) is 0 Å². The van der Waals surface area contributed by atoms with E-state index in [1.54, 1.807) is 39.2 Å². The molecule has 4 nitrogen and oxygen atoms in total. The van der Waals surface area contributed by atoms with Gasteiger partial charge in [0.05, 0.1) is 17.8 Å². The SMILES string of the molecule is CC(C)(C)C(=O)On1cccn1. The minimum absolute atomic E-state index is 0.300. The quantitative estimate of drug-likeness (QED) is 0.625. The van der Waals surface area contributed by atoms with Crippen molar-refractivity contribution in [2.75, 3.05) is 0 Å². The largest absolute Gasteiger partial charge is 0.340 e. The van der Waals surface area contributed by atoms with Crippen LogP contribution in [0.15, 0.2) is 18.5 Å². The van der Waals surface area contributed by atoms with Crippen molar-refractivity contribution in [1.29, 1.82) is 0 Å². The molecule has 0 aliphatic rings. The molecule has 0 N–H and O–H groups in total. The Morgan fingerprint density at radius 1 is 1.50 bits per heavy atom. The number of carbonyl (C=O) groups excluding carboxylic acids is 1.